The molecule has 3 aromatic rings. The van der Waals surface area contributed by atoms with E-state index in [4.69, 9.17) is 14.7 Å². The van der Waals surface area contributed by atoms with E-state index in [2.05, 4.69) is 27.3 Å². The lowest BCUT2D eigenvalue weighted by atomic mass is 10.1. The number of thiazole rings is 1. The fourth-order valence-electron chi connectivity index (χ4n) is 3.32. The van der Waals surface area contributed by atoms with E-state index in [1.165, 1.54) is 11.3 Å². The molecule has 0 bridgehead atoms. The molecule has 1 aliphatic heterocycles. The van der Waals surface area contributed by atoms with Crippen molar-refractivity contribution in [2.45, 2.75) is 32.4 Å². The first-order chi connectivity index (χ1) is 12.7. The van der Waals surface area contributed by atoms with Crippen LogP contribution in [0.2, 0.25) is 0 Å². The summed E-state index contributed by atoms with van der Waals surface area (Å²) in [4.78, 5) is 12.0. The molecule has 4 heterocycles. The molecule has 1 N–H and O–H groups in total. The topological polar surface area (TPSA) is 78.0 Å². The molecule has 132 valence electrons. The Hall–Kier alpha value is -2.69. The molecule has 26 heavy (non-hydrogen) atoms. The predicted molar refractivity (Wildman–Crippen MR) is 100 cm³/mol. The van der Waals surface area contributed by atoms with E-state index >= 15 is 0 Å². The van der Waals surface area contributed by atoms with E-state index in [-0.39, 0.29) is 6.04 Å². The average molecular weight is 365 g/mol. The number of furan rings is 1. The summed E-state index contributed by atoms with van der Waals surface area (Å²) in [6.07, 6.45) is 3.81. The molecule has 0 spiro atoms. The number of pyridine rings is 1. The van der Waals surface area contributed by atoms with Gasteiger partial charge in [-0.3, -0.25) is 4.90 Å². The van der Waals surface area contributed by atoms with Gasteiger partial charge < -0.3 is 9.73 Å². The number of hydrogen-bond acceptors (Lipinski definition) is 7. The summed E-state index contributed by atoms with van der Waals surface area (Å²) in [5.74, 6) is 2.69. The number of nitrogens with zero attached hydrogens (tertiary/aromatic N) is 4. The van der Waals surface area contributed by atoms with Crippen molar-refractivity contribution < 1.29 is 4.42 Å². The number of hydrogen-bond donors (Lipinski definition) is 1. The molecule has 0 saturated carbocycles. The van der Waals surface area contributed by atoms with E-state index in [1.807, 2.05) is 31.2 Å². The summed E-state index contributed by atoms with van der Waals surface area (Å²) >= 11 is 1.32. The minimum Gasteiger partial charge on any atom is -0.465 e. The third kappa shape index (κ3) is 3.62. The summed E-state index contributed by atoms with van der Waals surface area (Å²) in [6, 6.07) is 12.4. The second-order valence-corrected chi connectivity index (χ2v) is 7.39. The van der Waals surface area contributed by atoms with E-state index in [0.29, 0.717) is 10.0 Å². The highest BCUT2D eigenvalue weighted by atomic mass is 32.1. The van der Waals surface area contributed by atoms with Crippen LogP contribution in [0.25, 0.3) is 0 Å². The van der Waals surface area contributed by atoms with Gasteiger partial charge in [-0.15, -0.1) is 0 Å². The van der Waals surface area contributed by atoms with Gasteiger partial charge in [0, 0.05) is 0 Å². The summed E-state index contributed by atoms with van der Waals surface area (Å²) < 4.78 is 5.74. The Balaban J connectivity index is 1.50. The van der Waals surface area contributed by atoms with Crippen LogP contribution < -0.4 is 5.32 Å². The van der Waals surface area contributed by atoms with Crippen LogP contribution in [0.4, 0.5) is 10.9 Å². The van der Waals surface area contributed by atoms with E-state index in [1.54, 1.807) is 6.20 Å². The van der Waals surface area contributed by atoms with Crippen LogP contribution in [0, 0.1) is 18.3 Å². The molecule has 0 aromatic carbocycles. The molecule has 1 aliphatic rings. The van der Waals surface area contributed by atoms with Crippen LogP contribution in [0.1, 0.15) is 41.0 Å². The average Bonchev–Trinajstić information content (AvgIpc) is 3.37. The fourth-order valence-corrected chi connectivity index (χ4v) is 3.94. The predicted octanol–water partition coefficient (Wildman–Crippen LogP) is 4.39. The molecule has 4 rings (SSSR count). The maximum absolute atomic E-state index is 8.92. The van der Waals surface area contributed by atoms with Crippen molar-refractivity contribution in [3.8, 4) is 6.07 Å². The molecule has 6 nitrogen and oxygen atoms in total. The molecule has 3 aromatic heterocycles. The van der Waals surface area contributed by atoms with Crippen molar-refractivity contribution in [2.24, 2.45) is 0 Å². The standard InChI is InChI=1S/C19H19N5OS/c1-13-7-8-14(25-13)12-24-9-3-5-17(24)16-4-2-6-18(22-16)23-19-21-11-15(10-20)26-19/h2,4,6-8,11,17H,3,5,9,12H2,1H3,(H,21,22,23). The molecule has 1 unspecified atom stereocenters. The lowest BCUT2D eigenvalue weighted by molar-refractivity contribution is 0.223. The Morgan fingerprint density at radius 3 is 3.08 bits per heavy atom. The number of aromatic nitrogens is 2. The molecule has 1 atom stereocenters. The Morgan fingerprint density at radius 1 is 1.38 bits per heavy atom. The van der Waals surface area contributed by atoms with Crippen molar-refractivity contribution >= 4 is 22.3 Å². The van der Waals surface area contributed by atoms with Crippen molar-refractivity contribution in [2.75, 3.05) is 11.9 Å². The summed E-state index contributed by atoms with van der Waals surface area (Å²) in [6.45, 7) is 3.82. The van der Waals surface area contributed by atoms with Gasteiger partial charge in [-0.05, 0) is 50.6 Å². The third-order valence-electron chi connectivity index (χ3n) is 4.48. The van der Waals surface area contributed by atoms with Gasteiger partial charge in [0.2, 0.25) is 0 Å². The van der Waals surface area contributed by atoms with Gasteiger partial charge in [-0.25, -0.2) is 9.97 Å². The third-order valence-corrected chi connectivity index (χ3v) is 5.30. The highest BCUT2D eigenvalue weighted by Gasteiger charge is 2.28. The van der Waals surface area contributed by atoms with Gasteiger partial charge in [0.1, 0.15) is 28.3 Å². The molecular weight excluding hydrogens is 346 g/mol. The van der Waals surface area contributed by atoms with Crippen LogP contribution in [0.3, 0.4) is 0 Å². The van der Waals surface area contributed by atoms with Crippen LogP contribution in [-0.2, 0) is 6.54 Å². The van der Waals surface area contributed by atoms with Gasteiger partial charge >= 0.3 is 0 Å². The first-order valence-electron chi connectivity index (χ1n) is 8.60. The minimum atomic E-state index is 0.285. The Labute approximate surface area is 156 Å². The summed E-state index contributed by atoms with van der Waals surface area (Å²) in [5.41, 5.74) is 1.05. The van der Waals surface area contributed by atoms with Crippen LogP contribution in [0.5, 0.6) is 0 Å². The summed E-state index contributed by atoms with van der Waals surface area (Å²) in [5, 5.41) is 12.8. The van der Waals surface area contributed by atoms with E-state index in [9.17, 15) is 0 Å². The number of nitrogens with one attached hydrogen (secondary N) is 1. The molecule has 0 radical (unpaired) electrons. The van der Waals surface area contributed by atoms with Crippen molar-refractivity contribution in [3.05, 3.63) is 58.6 Å². The Bertz CT molecular complexity index is 941. The molecule has 0 aliphatic carbocycles. The fraction of sp³-hybridized carbons (Fsp3) is 0.316. The number of anilines is 2. The molecule has 0 amide bonds. The molecule has 7 heteroatoms. The van der Waals surface area contributed by atoms with Gasteiger partial charge in [-0.2, -0.15) is 5.26 Å². The maximum atomic E-state index is 8.92. The smallest absolute Gasteiger partial charge is 0.189 e. The second-order valence-electron chi connectivity index (χ2n) is 6.36. The SMILES string of the molecule is Cc1ccc(CN2CCCC2c2cccc(Nc3ncc(C#N)s3)n2)o1. The summed E-state index contributed by atoms with van der Waals surface area (Å²) in [7, 11) is 0. The maximum Gasteiger partial charge on any atom is 0.189 e. The number of rotatable bonds is 5. The quantitative estimate of drug-likeness (QED) is 0.722. The first-order valence-corrected chi connectivity index (χ1v) is 9.42. The van der Waals surface area contributed by atoms with Gasteiger partial charge in [-0.1, -0.05) is 17.4 Å². The normalized spacial score (nSPS) is 17.3. The Morgan fingerprint density at radius 2 is 2.31 bits per heavy atom. The van der Waals surface area contributed by atoms with Crippen LogP contribution in [-0.4, -0.2) is 21.4 Å². The minimum absolute atomic E-state index is 0.285. The van der Waals surface area contributed by atoms with Gasteiger partial charge in [0.15, 0.2) is 5.13 Å². The zero-order valence-electron chi connectivity index (χ0n) is 14.5. The van der Waals surface area contributed by atoms with Crippen LogP contribution in [0.15, 0.2) is 40.9 Å². The number of likely N-dealkylation sites (tertiary alicyclic amines) is 1. The van der Waals surface area contributed by atoms with Crippen LogP contribution >= 0.6 is 11.3 Å². The Kier molecular flexibility index (Phi) is 4.69. The highest BCUT2D eigenvalue weighted by molar-refractivity contribution is 7.16. The van der Waals surface area contributed by atoms with E-state index < -0.39 is 0 Å². The lowest BCUT2D eigenvalue weighted by Crippen LogP contribution is -2.23. The van der Waals surface area contributed by atoms with Crippen molar-refractivity contribution in [1.29, 1.82) is 5.26 Å². The van der Waals surface area contributed by atoms with Crippen molar-refractivity contribution in [3.63, 3.8) is 0 Å². The second kappa shape index (κ2) is 7.28. The zero-order valence-corrected chi connectivity index (χ0v) is 15.3. The molecular formula is C19H19N5OS. The largest absolute Gasteiger partial charge is 0.465 e. The first kappa shape index (κ1) is 16.8. The van der Waals surface area contributed by atoms with E-state index in [0.717, 1.165) is 49.0 Å². The van der Waals surface area contributed by atoms with Gasteiger partial charge in [0.25, 0.3) is 0 Å². The van der Waals surface area contributed by atoms with Crippen molar-refractivity contribution in [1.82, 2.24) is 14.9 Å². The zero-order chi connectivity index (χ0) is 17.9. The number of aryl methyl sites for hydroxylation is 1. The highest BCUT2D eigenvalue weighted by Crippen LogP contribution is 2.33. The lowest BCUT2D eigenvalue weighted by Gasteiger charge is -2.23. The van der Waals surface area contributed by atoms with Gasteiger partial charge in [0.05, 0.1) is 24.5 Å². The molecule has 1 fully saturated rings. The monoisotopic (exact) mass is 365 g/mol. The molecule has 1 saturated heterocycles. The number of nitriles is 1.